The van der Waals surface area contributed by atoms with Crippen molar-refractivity contribution >= 4 is 11.6 Å². The topological polar surface area (TPSA) is 82.2 Å². The molecular formula is C10H18N4O2. The van der Waals surface area contributed by atoms with Gasteiger partial charge in [0.1, 0.15) is 0 Å². The van der Waals surface area contributed by atoms with E-state index in [2.05, 4.69) is 10.4 Å². The van der Waals surface area contributed by atoms with E-state index in [0.29, 0.717) is 18.7 Å². The maximum atomic E-state index is 11.7. The lowest BCUT2D eigenvalue weighted by Gasteiger charge is -2.10. The molecule has 1 atom stereocenters. The van der Waals surface area contributed by atoms with Crippen LogP contribution >= 0.6 is 0 Å². The number of nitrogens with zero attached hydrogens (tertiary/aromatic N) is 2. The van der Waals surface area contributed by atoms with E-state index in [4.69, 9.17) is 10.5 Å². The summed E-state index contributed by atoms with van der Waals surface area (Å²) in [5, 5.41) is 6.86. The molecule has 0 saturated carbocycles. The molecule has 0 aromatic carbocycles. The van der Waals surface area contributed by atoms with Crippen LogP contribution in [-0.2, 0) is 16.6 Å². The average molecular weight is 226 g/mol. The van der Waals surface area contributed by atoms with Crippen LogP contribution in [0.1, 0.15) is 12.1 Å². The summed E-state index contributed by atoms with van der Waals surface area (Å²) in [5.41, 5.74) is 7.16. The molecule has 3 N–H and O–H groups in total. The van der Waals surface area contributed by atoms with E-state index in [-0.39, 0.29) is 5.91 Å². The predicted octanol–water partition coefficient (Wildman–Crippen LogP) is 0.0308. The van der Waals surface area contributed by atoms with E-state index in [1.807, 2.05) is 6.92 Å². The third kappa shape index (κ3) is 3.32. The molecule has 6 heteroatoms. The van der Waals surface area contributed by atoms with Crippen LogP contribution < -0.4 is 11.1 Å². The highest BCUT2D eigenvalue weighted by atomic mass is 16.5. The summed E-state index contributed by atoms with van der Waals surface area (Å²) >= 11 is 0. The second-order valence-electron chi connectivity index (χ2n) is 3.68. The zero-order chi connectivity index (χ0) is 12.1. The van der Waals surface area contributed by atoms with E-state index < -0.39 is 6.04 Å². The minimum Gasteiger partial charge on any atom is -0.385 e. The molecule has 1 unspecified atom stereocenters. The number of methoxy groups -OCH3 is 1. The number of aromatic nitrogens is 2. The zero-order valence-corrected chi connectivity index (χ0v) is 9.86. The summed E-state index contributed by atoms with van der Waals surface area (Å²) < 4.78 is 6.51. The molecular weight excluding hydrogens is 208 g/mol. The first-order chi connectivity index (χ1) is 7.54. The monoisotopic (exact) mass is 226 g/mol. The van der Waals surface area contributed by atoms with Crippen LogP contribution in [0.15, 0.2) is 6.20 Å². The largest absolute Gasteiger partial charge is 0.385 e. The average Bonchev–Trinajstić information content (AvgIpc) is 2.53. The predicted molar refractivity (Wildman–Crippen MR) is 61.0 cm³/mol. The summed E-state index contributed by atoms with van der Waals surface area (Å²) in [5.74, 6) is -0.215. The second kappa shape index (κ2) is 5.62. The molecule has 0 fully saturated rings. The van der Waals surface area contributed by atoms with E-state index in [9.17, 15) is 4.79 Å². The summed E-state index contributed by atoms with van der Waals surface area (Å²) in [6.45, 7) is 2.30. The summed E-state index contributed by atoms with van der Waals surface area (Å²) in [4.78, 5) is 11.7. The number of carbonyl (C=O) groups excluding carboxylic acids is 1. The number of rotatable bonds is 5. The Morgan fingerprint density at radius 1 is 1.75 bits per heavy atom. The molecule has 6 nitrogen and oxygen atoms in total. The molecule has 90 valence electrons. The summed E-state index contributed by atoms with van der Waals surface area (Å²) in [6, 6.07) is -0.556. The van der Waals surface area contributed by atoms with Gasteiger partial charge in [0.05, 0.1) is 17.4 Å². The van der Waals surface area contributed by atoms with Crippen LogP contribution in [-0.4, -0.2) is 35.4 Å². The van der Waals surface area contributed by atoms with Crippen molar-refractivity contribution in [1.82, 2.24) is 9.78 Å². The quantitative estimate of drug-likeness (QED) is 0.742. The van der Waals surface area contributed by atoms with Crippen molar-refractivity contribution in [2.45, 2.75) is 19.4 Å². The molecule has 16 heavy (non-hydrogen) atoms. The van der Waals surface area contributed by atoms with Crippen molar-refractivity contribution in [2.75, 3.05) is 19.0 Å². The normalized spacial score (nSPS) is 12.5. The van der Waals surface area contributed by atoms with Crippen LogP contribution in [0.2, 0.25) is 0 Å². The Hall–Kier alpha value is -1.40. The van der Waals surface area contributed by atoms with Gasteiger partial charge in [0.2, 0.25) is 5.91 Å². The van der Waals surface area contributed by atoms with Gasteiger partial charge in [0.15, 0.2) is 0 Å². The van der Waals surface area contributed by atoms with Crippen molar-refractivity contribution in [3.63, 3.8) is 0 Å². The Balaban J connectivity index is 2.53. The number of aryl methyl sites for hydroxylation is 2. The van der Waals surface area contributed by atoms with Crippen LogP contribution in [0.3, 0.4) is 0 Å². The SMILES string of the molecule is COCCC(N)C(=O)Nc1cn(C)nc1C. The number of amides is 1. The third-order valence-corrected chi connectivity index (χ3v) is 2.24. The molecule has 1 aromatic rings. The molecule has 1 heterocycles. The molecule has 1 aromatic heterocycles. The van der Waals surface area contributed by atoms with Gasteiger partial charge in [0.25, 0.3) is 0 Å². The van der Waals surface area contributed by atoms with Gasteiger partial charge in [-0.2, -0.15) is 5.10 Å². The number of nitrogens with one attached hydrogen (secondary N) is 1. The molecule has 0 aliphatic rings. The van der Waals surface area contributed by atoms with Crippen LogP contribution in [0, 0.1) is 6.92 Å². The Morgan fingerprint density at radius 2 is 2.44 bits per heavy atom. The molecule has 0 saturated heterocycles. The van der Waals surface area contributed by atoms with Gasteiger partial charge in [0, 0.05) is 27.0 Å². The smallest absolute Gasteiger partial charge is 0.241 e. The Morgan fingerprint density at radius 3 is 2.94 bits per heavy atom. The second-order valence-corrected chi connectivity index (χ2v) is 3.68. The highest BCUT2D eigenvalue weighted by molar-refractivity contribution is 5.94. The maximum Gasteiger partial charge on any atom is 0.241 e. The van der Waals surface area contributed by atoms with Crippen molar-refractivity contribution in [1.29, 1.82) is 0 Å². The van der Waals surface area contributed by atoms with Crippen molar-refractivity contribution in [2.24, 2.45) is 12.8 Å². The first-order valence-corrected chi connectivity index (χ1v) is 5.10. The Bertz CT molecular complexity index is 362. The van der Waals surface area contributed by atoms with Gasteiger partial charge in [-0.15, -0.1) is 0 Å². The van der Waals surface area contributed by atoms with Gasteiger partial charge >= 0.3 is 0 Å². The lowest BCUT2D eigenvalue weighted by Crippen LogP contribution is -2.36. The molecule has 1 rings (SSSR count). The van der Waals surface area contributed by atoms with Crippen LogP contribution in [0.25, 0.3) is 0 Å². The summed E-state index contributed by atoms with van der Waals surface area (Å²) in [7, 11) is 3.38. The van der Waals surface area contributed by atoms with E-state index in [0.717, 1.165) is 5.69 Å². The number of anilines is 1. The minimum absolute atomic E-state index is 0.215. The third-order valence-electron chi connectivity index (χ3n) is 2.24. The maximum absolute atomic E-state index is 11.7. The number of carbonyl (C=O) groups is 1. The summed E-state index contributed by atoms with van der Waals surface area (Å²) in [6.07, 6.45) is 2.25. The molecule has 0 bridgehead atoms. The standard InChI is InChI=1S/C10H18N4O2/c1-7-9(6-14(2)13-7)12-10(15)8(11)4-5-16-3/h6,8H,4-5,11H2,1-3H3,(H,12,15). The fraction of sp³-hybridized carbons (Fsp3) is 0.600. The van der Waals surface area contributed by atoms with Gasteiger partial charge in [-0.3, -0.25) is 9.48 Å². The van der Waals surface area contributed by atoms with Gasteiger partial charge in [-0.05, 0) is 13.3 Å². The Kier molecular flexibility index (Phi) is 4.45. The first-order valence-electron chi connectivity index (χ1n) is 5.10. The Labute approximate surface area is 94.8 Å². The molecule has 1 amide bonds. The lowest BCUT2D eigenvalue weighted by atomic mass is 10.2. The molecule has 0 spiro atoms. The van der Waals surface area contributed by atoms with Gasteiger partial charge < -0.3 is 15.8 Å². The van der Waals surface area contributed by atoms with Gasteiger partial charge in [-0.25, -0.2) is 0 Å². The number of hydrogen-bond acceptors (Lipinski definition) is 4. The first kappa shape index (κ1) is 12.7. The van der Waals surface area contributed by atoms with Gasteiger partial charge in [-0.1, -0.05) is 0 Å². The lowest BCUT2D eigenvalue weighted by molar-refractivity contribution is -0.117. The van der Waals surface area contributed by atoms with Crippen LogP contribution in [0.4, 0.5) is 5.69 Å². The zero-order valence-electron chi connectivity index (χ0n) is 9.86. The minimum atomic E-state index is -0.556. The molecule has 0 aliphatic carbocycles. The number of ether oxygens (including phenoxy) is 1. The number of hydrogen-bond donors (Lipinski definition) is 2. The van der Waals surface area contributed by atoms with Crippen molar-refractivity contribution < 1.29 is 9.53 Å². The van der Waals surface area contributed by atoms with Crippen molar-refractivity contribution in [3.8, 4) is 0 Å². The van der Waals surface area contributed by atoms with Crippen molar-refractivity contribution in [3.05, 3.63) is 11.9 Å². The van der Waals surface area contributed by atoms with E-state index in [1.54, 1.807) is 25.0 Å². The van der Waals surface area contributed by atoms with E-state index in [1.165, 1.54) is 0 Å². The fourth-order valence-electron chi connectivity index (χ4n) is 1.32. The number of nitrogens with two attached hydrogens (primary N) is 1. The fourth-order valence-corrected chi connectivity index (χ4v) is 1.32. The molecule has 0 aliphatic heterocycles. The highest BCUT2D eigenvalue weighted by Crippen LogP contribution is 2.11. The van der Waals surface area contributed by atoms with E-state index >= 15 is 0 Å². The highest BCUT2D eigenvalue weighted by Gasteiger charge is 2.15. The molecule has 0 radical (unpaired) electrons. The van der Waals surface area contributed by atoms with Crippen LogP contribution in [0.5, 0.6) is 0 Å².